The second-order valence-electron chi connectivity index (χ2n) is 5.46. The van der Waals surface area contributed by atoms with Crippen molar-refractivity contribution in [3.05, 3.63) is 29.1 Å². The van der Waals surface area contributed by atoms with Crippen molar-refractivity contribution in [2.75, 3.05) is 25.1 Å². The SMILES string of the molecule is CCOC(OCC)O[SiH2]CCCCNC(=O)Nc1c(F)c(F)c(F)c(F)c1F. The molecular formula is C16H23F5N2O4Si. The zero-order valence-corrected chi connectivity index (χ0v) is 17.0. The Kier molecular flexibility index (Phi) is 11.0. The lowest BCUT2D eigenvalue weighted by atomic mass is 10.2. The molecule has 0 saturated heterocycles. The Balaban J connectivity index is 2.32. The number of anilines is 1. The first kappa shape index (κ1) is 24.3. The van der Waals surface area contributed by atoms with Crippen LogP contribution < -0.4 is 10.6 Å². The number of carbonyl (C=O) groups excluding carboxylic acids is 1. The summed E-state index contributed by atoms with van der Waals surface area (Å²) in [6.07, 6.45) is 1.24. The third-order valence-corrected chi connectivity index (χ3v) is 4.71. The van der Waals surface area contributed by atoms with Gasteiger partial charge in [0.15, 0.2) is 33.0 Å². The number of benzene rings is 1. The van der Waals surface area contributed by atoms with Crippen LogP contribution in [0.2, 0.25) is 6.04 Å². The molecule has 1 aromatic carbocycles. The number of ether oxygens (including phenoxy) is 2. The van der Waals surface area contributed by atoms with E-state index in [4.69, 9.17) is 13.9 Å². The lowest BCUT2D eigenvalue weighted by Gasteiger charge is -2.17. The molecule has 0 aliphatic heterocycles. The summed E-state index contributed by atoms with van der Waals surface area (Å²) in [6.45, 7) is 4.03. The molecule has 2 N–H and O–H groups in total. The first-order valence-electron chi connectivity index (χ1n) is 8.74. The molecule has 0 saturated carbocycles. The lowest BCUT2D eigenvalue weighted by molar-refractivity contribution is -0.243. The zero-order chi connectivity index (χ0) is 21.1. The van der Waals surface area contributed by atoms with Crippen molar-refractivity contribution in [1.82, 2.24) is 5.32 Å². The monoisotopic (exact) mass is 430 g/mol. The predicted octanol–water partition coefficient (Wildman–Crippen LogP) is 3.16. The van der Waals surface area contributed by atoms with E-state index in [1.165, 1.54) is 0 Å². The van der Waals surface area contributed by atoms with Crippen LogP contribution in [0.15, 0.2) is 0 Å². The van der Waals surface area contributed by atoms with Crippen molar-refractivity contribution in [1.29, 1.82) is 0 Å². The van der Waals surface area contributed by atoms with E-state index < -0.39 is 57.0 Å². The second-order valence-corrected chi connectivity index (χ2v) is 6.91. The summed E-state index contributed by atoms with van der Waals surface area (Å²) in [5.74, 6) is -10.8. The first-order chi connectivity index (χ1) is 13.3. The molecule has 0 aromatic heterocycles. The number of nitrogens with one attached hydrogen (secondary N) is 2. The molecule has 0 unspecified atom stereocenters. The van der Waals surface area contributed by atoms with Crippen LogP contribution in [0.1, 0.15) is 26.7 Å². The highest BCUT2D eigenvalue weighted by Gasteiger charge is 2.26. The highest BCUT2D eigenvalue weighted by Crippen LogP contribution is 2.26. The third-order valence-electron chi connectivity index (χ3n) is 3.41. The molecule has 0 aliphatic carbocycles. The number of halogens is 5. The zero-order valence-electron chi connectivity index (χ0n) is 15.5. The summed E-state index contributed by atoms with van der Waals surface area (Å²) in [4.78, 5) is 11.6. The van der Waals surface area contributed by atoms with E-state index in [9.17, 15) is 26.7 Å². The largest absolute Gasteiger partial charge is 0.379 e. The maximum atomic E-state index is 13.5. The van der Waals surface area contributed by atoms with Gasteiger partial charge in [-0.15, -0.1) is 0 Å². The average Bonchev–Trinajstić information content (AvgIpc) is 2.67. The molecule has 28 heavy (non-hydrogen) atoms. The Bertz CT molecular complexity index is 619. The van der Waals surface area contributed by atoms with Crippen molar-refractivity contribution in [2.24, 2.45) is 0 Å². The van der Waals surface area contributed by atoms with Crippen LogP contribution in [0.4, 0.5) is 32.4 Å². The number of hydrogen-bond acceptors (Lipinski definition) is 4. The quantitative estimate of drug-likeness (QED) is 0.134. The maximum absolute atomic E-state index is 13.5. The van der Waals surface area contributed by atoms with E-state index in [1.807, 2.05) is 13.8 Å². The summed E-state index contributed by atoms with van der Waals surface area (Å²) in [5.41, 5.74) is -1.40. The van der Waals surface area contributed by atoms with Crippen LogP contribution in [0.5, 0.6) is 0 Å². The summed E-state index contributed by atoms with van der Waals surface area (Å²) in [5, 5.41) is 3.92. The Morgan fingerprint density at radius 2 is 1.46 bits per heavy atom. The summed E-state index contributed by atoms with van der Waals surface area (Å²) >= 11 is 0. The minimum Gasteiger partial charge on any atom is -0.379 e. The van der Waals surface area contributed by atoms with Gasteiger partial charge in [0.05, 0.1) is 0 Å². The first-order valence-corrected chi connectivity index (χ1v) is 10.3. The Labute approximate surface area is 161 Å². The molecule has 12 heteroatoms. The Morgan fingerprint density at radius 1 is 0.929 bits per heavy atom. The van der Waals surface area contributed by atoms with Gasteiger partial charge in [0.1, 0.15) is 5.69 Å². The van der Waals surface area contributed by atoms with Crippen LogP contribution in [0.25, 0.3) is 0 Å². The molecule has 0 fully saturated rings. The number of rotatable bonds is 12. The smallest absolute Gasteiger partial charge is 0.319 e. The third kappa shape index (κ3) is 7.34. The van der Waals surface area contributed by atoms with Gasteiger partial charge in [-0.2, -0.15) is 0 Å². The molecule has 160 valence electrons. The van der Waals surface area contributed by atoms with Gasteiger partial charge in [-0.25, -0.2) is 26.7 Å². The van der Waals surface area contributed by atoms with E-state index in [-0.39, 0.29) is 6.54 Å². The molecule has 0 spiro atoms. The summed E-state index contributed by atoms with van der Waals surface area (Å²) in [6, 6.07) is -0.304. The fourth-order valence-corrected chi connectivity index (χ4v) is 3.18. The molecule has 0 heterocycles. The van der Waals surface area contributed by atoms with Gasteiger partial charge in [0.2, 0.25) is 5.82 Å². The van der Waals surface area contributed by atoms with Gasteiger partial charge in [-0.05, 0) is 26.3 Å². The van der Waals surface area contributed by atoms with Crippen LogP contribution >= 0.6 is 0 Å². The van der Waals surface area contributed by atoms with Gasteiger partial charge in [0, 0.05) is 19.8 Å². The minimum absolute atomic E-state index is 0.149. The predicted molar refractivity (Wildman–Crippen MR) is 94.0 cm³/mol. The lowest BCUT2D eigenvalue weighted by Crippen LogP contribution is -2.30. The Morgan fingerprint density at radius 3 is 2.00 bits per heavy atom. The molecular weight excluding hydrogens is 407 g/mol. The van der Waals surface area contributed by atoms with Crippen molar-refractivity contribution in [2.45, 2.75) is 39.2 Å². The molecule has 0 radical (unpaired) electrons. The summed E-state index contributed by atoms with van der Waals surface area (Å²) in [7, 11) is -0.891. The number of amides is 2. The molecule has 1 aromatic rings. The molecule has 0 bridgehead atoms. The van der Waals surface area contributed by atoms with E-state index in [0.29, 0.717) is 26.1 Å². The van der Waals surface area contributed by atoms with Crippen molar-refractivity contribution in [3.63, 3.8) is 0 Å². The number of unbranched alkanes of at least 4 members (excludes halogenated alkanes) is 1. The number of carbonyl (C=O) groups is 1. The van der Waals surface area contributed by atoms with Gasteiger partial charge < -0.3 is 24.5 Å². The molecule has 1 rings (SSSR count). The minimum atomic E-state index is -2.29. The van der Waals surface area contributed by atoms with Crippen LogP contribution in [-0.4, -0.2) is 42.0 Å². The fourth-order valence-electron chi connectivity index (χ4n) is 2.07. The van der Waals surface area contributed by atoms with Crippen LogP contribution in [-0.2, 0) is 13.9 Å². The van der Waals surface area contributed by atoms with Crippen LogP contribution in [0, 0.1) is 29.1 Å². The second kappa shape index (κ2) is 12.6. The average molecular weight is 430 g/mol. The van der Waals surface area contributed by atoms with Crippen molar-refractivity contribution in [3.8, 4) is 0 Å². The highest BCUT2D eigenvalue weighted by atomic mass is 28.2. The topological polar surface area (TPSA) is 68.8 Å². The van der Waals surface area contributed by atoms with Gasteiger partial charge in [-0.3, -0.25) is 0 Å². The maximum Gasteiger partial charge on any atom is 0.319 e. The number of urea groups is 1. The van der Waals surface area contributed by atoms with E-state index in [0.717, 1.165) is 6.04 Å². The van der Waals surface area contributed by atoms with Gasteiger partial charge >= 0.3 is 6.03 Å². The Hall–Kier alpha value is -1.76. The molecule has 0 atom stereocenters. The molecule has 0 aliphatic rings. The summed E-state index contributed by atoms with van der Waals surface area (Å²) < 4.78 is 82.0. The van der Waals surface area contributed by atoms with E-state index in [1.54, 1.807) is 5.32 Å². The fraction of sp³-hybridized carbons (Fsp3) is 0.562. The normalized spacial score (nSPS) is 11.6. The molecule has 6 nitrogen and oxygen atoms in total. The van der Waals surface area contributed by atoms with Crippen LogP contribution in [0.3, 0.4) is 0 Å². The van der Waals surface area contributed by atoms with Gasteiger partial charge in [-0.1, -0.05) is 6.42 Å². The van der Waals surface area contributed by atoms with E-state index >= 15 is 0 Å². The van der Waals surface area contributed by atoms with E-state index in [2.05, 4.69) is 5.32 Å². The molecule has 2 amide bonds. The number of hydrogen-bond donors (Lipinski definition) is 2. The van der Waals surface area contributed by atoms with Gasteiger partial charge in [0.25, 0.3) is 6.48 Å². The van der Waals surface area contributed by atoms with Crippen molar-refractivity contribution < 1.29 is 40.6 Å². The van der Waals surface area contributed by atoms with Crippen molar-refractivity contribution >= 4 is 21.5 Å². The standard InChI is InChI=1S/C16H23F5N2O4Si/c1-3-25-16(26-4-2)27-28-8-6-5-7-22-15(24)23-14-12(20)10(18)9(17)11(19)13(14)21/h16H,3-8,28H2,1-2H3,(H2,22,23,24). The highest BCUT2D eigenvalue weighted by molar-refractivity contribution is 6.27.